The summed E-state index contributed by atoms with van der Waals surface area (Å²) in [6.07, 6.45) is 0. The van der Waals surface area contributed by atoms with Gasteiger partial charge in [0.2, 0.25) is 0 Å². The molecule has 3 aromatic rings. The third-order valence-electron chi connectivity index (χ3n) is 5.09. The van der Waals surface area contributed by atoms with Gasteiger partial charge in [0.25, 0.3) is 0 Å². The van der Waals surface area contributed by atoms with Crippen molar-refractivity contribution < 1.29 is 0 Å². The summed E-state index contributed by atoms with van der Waals surface area (Å²) < 4.78 is 0. The fraction of sp³-hybridized carbons (Fsp3) is 0.304. The maximum atomic E-state index is 2.38. The van der Waals surface area contributed by atoms with Crippen LogP contribution in [0.15, 0.2) is 60.7 Å². The average molecular weight is 332 g/mol. The van der Waals surface area contributed by atoms with Gasteiger partial charge in [-0.05, 0) is 55.5 Å². The summed E-state index contributed by atoms with van der Waals surface area (Å²) in [5, 5.41) is 2.63. The average Bonchev–Trinajstić information content (AvgIpc) is 2.68. The molecule has 0 amide bonds. The highest BCUT2D eigenvalue weighted by atomic mass is 15.1. The SMILES string of the molecule is CCN(C)c1ccc(-c2ccc(N(CC)CC)cc2)c2ccccc12. The van der Waals surface area contributed by atoms with E-state index in [4.69, 9.17) is 0 Å². The Morgan fingerprint density at radius 3 is 1.92 bits per heavy atom. The highest BCUT2D eigenvalue weighted by Gasteiger charge is 2.10. The Labute approximate surface area is 151 Å². The van der Waals surface area contributed by atoms with Gasteiger partial charge < -0.3 is 9.80 Å². The number of hydrogen-bond acceptors (Lipinski definition) is 2. The Balaban J connectivity index is 2.08. The van der Waals surface area contributed by atoms with Crippen molar-refractivity contribution in [1.82, 2.24) is 0 Å². The highest BCUT2D eigenvalue weighted by molar-refractivity contribution is 6.03. The third kappa shape index (κ3) is 3.34. The summed E-state index contributed by atoms with van der Waals surface area (Å²) >= 11 is 0. The lowest BCUT2D eigenvalue weighted by atomic mass is 9.96. The largest absolute Gasteiger partial charge is 0.374 e. The van der Waals surface area contributed by atoms with Gasteiger partial charge in [0.15, 0.2) is 0 Å². The minimum Gasteiger partial charge on any atom is -0.374 e. The van der Waals surface area contributed by atoms with Crippen molar-refractivity contribution in [3.63, 3.8) is 0 Å². The zero-order chi connectivity index (χ0) is 17.8. The van der Waals surface area contributed by atoms with E-state index in [0.29, 0.717) is 0 Å². The monoisotopic (exact) mass is 332 g/mol. The van der Waals surface area contributed by atoms with Crippen LogP contribution >= 0.6 is 0 Å². The molecular formula is C23H28N2. The molecular weight excluding hydrogens is 304 g/mol. The van der Waals surface area contributed by atoms with Crippen LogP contribution in [0, 0.1) is 0 Å². The molecule has 0 saturated carbocycles. The van der Waals surface area contributed by atoms with Gasteiger partial charge >= 0.3 is 0 Å². The van der Waals surface area contributed by atoms with Gasteiger partial charge in [-0.3, -0.25) is 0 Å². The van der Waals surface area contributed by atoms with E-state index in [1.165, 1.54) is 33.3 Å². The van der Waals surface area contributed by atoms with E-state index in [2.05, 4.69) is 98.3 Å². The van der Waals surface area contributed by atoms with Crippen LogP contribution in [0.4, 0.5) is 11.4 Å². The van der Waals surface area contributed by atoms with Gasteiger partial charge in [-0.25, -0.2) is 0 Å². The van der Waals surface area contributed by atoms with Gasteiger partial charge in [-0.2, -0.15) is 0 Å². The van der Waals surface area contributed by atoms with Crippen LogP contribution in [0.3, 0.4) is 0 Å². The van der Waals surface area contributed by atoms with Crippen LogP contribution in [-0.4, -0.2) is 26.7 Å². The molecule has 2 heteroatoms. The van der Waals surface area contributed by atoms with E-state index in [-0.39, 0.29) is 0 Å². The molecule has 0 atom stereocenters. The summed E-state index contributed by atoms with van der Waals surface area (Å²) in [6.45, 7) is 9.67. The molecule has 0 unspecified atom stereocenters. The lowest BCUT2D eigenvalue weighted by molar-refractivity contribution is 0.866. The number of nitrogens with zero attached hydrogens (tertiary/aromatic N) is 2. The van der Waals surface area contributed by atoms with Crippen molar-refractivity contribution in [3.8, 4) is 11.1 Å². The van der Waals surface area contributed by atoms with E-state index >= 15 is 0 Å². The van der Waals surface area contributed by atoms with Crippen LogP contribution in [0.5, 0.6) is 0 Å². The van der Waals surface area contributed by atoms with Crippen molar-refractivity contribution in [2.75, 3.05) is 36.5 Å². The molecule has 0 aliphatic carbocycles. The maximum absolute atomic E-state index is 2.38. The first kappa shape index (κ1) is 17.3. The quantitative estimate of drug-likeness (QED) is 0.562. The van der Waals surface area contributed by atoms with Crippen molar-refractivity contribution in [2.24, 2.45) is 0 Å². The van der Waals surface area contributed by atoms with Gasteiger partial charge in [0.1, 0.15) is 0 Å². The van der Waals surface area contributed by atoms with Crippen molar-refractivity contribution in [2.45, 2.75) is 20.8 Å². The van der Waals surface area contributed by atoms with Crippen LogP contribution in [-0.2, 0) is 0 Å². The van der Waals surface area contributed by atoms with E-state index in [1.807, 2.05) is 0 Å². The molecule has 3 rings (SSSR count). The minimum atomic E-state index is 1.00. The molecule has 0 radical (unpaired) electrons. The summed E-state index contributed by atoms with van der Waals surface area (Å²) in [7, 11) is 2.15. The van der Waals surface area contributed by atoms with Crippen molar-refractivity contribution >= 4 is 22.1 Å². The molecule has 130 valence electrons. The lowest BCUT2D eigenvalue weighted by Gasteiger charge is -2.22. The predicted molar refractivity (Wildman–Crippen MR) is 112 cm³/mol. The summed E-state index contributed by atoms with van der Waals surface area (Å²) in [5.74, 6) is 0. The van der Waals surface area contributed by atoms with Crippen LogP contribution in [0.1, 0.15) is 20.8 Å². The number of anilines is 2. The second kappa shape index (κ2) is 7.60. The molecule has 0 aliphatic rings. The maximum Gasteiger partial charge on any atom is 0.0443 e. The van der Waals surface area contributed by atoms with Crippen LogP contribution in [0.25, 0.3) is 21.9 Å². The fourth-order valence-electron chi connectivity index (χ4n) is 3.48. The first-order valence-corrected chi connectivity index (χ1v) is 9.27. The Hall–Kier alpha value is -2.48. The molecule has 2 nitrogen and oxygen atoms in total. The Kier molecular flexibility index (Phi) is 5.28. The summed E-state index contributed by atoms with van der Waals surface area (Å²) in [4.78, 5) is 4.68. The molecule has 0 saturated heterocycles. The van der Waals surface area contributed by atoms with Crippen LogP contribution in [0.2, 0.25) is 0 Å². The normalized spacial score (nSPS) is 10.9. The van der Waals surface area contributed by atoms with E-state index in [0.717, 1.165) is 19.6 Å². The van der Waals surface area contributed by atoms with E-state index < -0.39 is 0 Å². The van der Waals surface area contributed by atoms with Crippen molar-refractivity contribution in [1.29, 1.82) is 0 Å². The summed E-state index contributed by atoms with van der Waals surface area (Å²) in [5.41, 5.74) is 5.16. The number of benzene rings is 3. The standard InChI is InChI=1S/C23H28N2/c1-5-24(4)23-17-16-20(21-10-8-9-11-22(21)23)18-12-14-19(15-13-18)25(6-2)7-3/h8-17H,5-7H2,1-4H3. The predicted octanol–water partition coefficient (Wildman–Crippen LogP) is 5.81. The second-order valence-corrected chi connectivity index (χ2v) is 6.41. The Morgan fingerprint density at radius 2 is 1.32 bits per heavy atom. The molecule has 0 aromatic heterocycles. The molecule has 0 heterocycles. The zero-order valence-electron chi connectivity index (χ0n) is 15.8. The zero-order valence-corrected chi connectivity index (χ0v) is 15.8. The molecule has 0 N–H and O–H groups in total. The minimum absolute atomic E-state index is 1.00. The third-order valence-corrected chi connectivity index (χ3v) is 5.09. The second-order valence-electron chi connectivity index (χ2n) is 6.41. The highest BCUT2D eigenvalue weighted by Crippen LogP contribution is 2.35. The van der Waals surface area contributed by atoms with Gasteiger partial charge in [0.05, 0.1) is 0 Å². The molecule has 25 heavy (non-hydrogen) atoms. The Morgan fingerprint density at radius 1 is 0.680 bits per heavy atom. The molecule has 0 fully saturated rings. The smallest absolute Gasteiger partial charge is 0.0443 e. The molecule has 0 spiro atoms. The van der Waals surface area contributed by atoms with Crippen molar-refractivity contribution in [3.05, 3.63) is 60.7 Å². The van der Waals surface area contributed by atoms with E-state index in [9.17, 15) is 0 Å². The fourth-order valence-corrected chi connectivity index (χ4v) is 3.48. The van der Waals surface area contributed by atoms with Crippen LogP contribution < -0.4 is 9.80 Å². The first-order chi connectivity index (χ1) is 12.2. The number of hydrogen-bond donors (Lipinski definition) is 0. The summed E-state index contributed by atoms with van der Waals surface area (Å²) in [6, 6.07) is 22.2. The molecule has 0 aliphatic heterocycles. The topological polar surface area (TPSA) is 6.48 Å². The lowest BCUT2D eigenvalue weighted by Crippen LogP contribution is -2.21. The first-order valence-electron chi connectivity index (χ1n) is 9.27. The van der Waals surface area contributed by atoms with Gasteiger partial charge in [-0.15, -0.1) is 0 Å². The van der Waals surface area contributed by atoms with Gasteiger partial charge in [-0.1, -0.05) is 42.5 Å². The number of rotatable bonds is 6. The van der Waals surface area contributed by atoms with Gasteiger partial charge in [0, 0.05) is 43.4 Å². The van der Waals surface area contributed by atoms with E-state index in [1.54, 1.807) is 0 Å². The molecule has 0 bridgehead atoms. The number of fused-ring (bicyclic) bond motifs is 1. The molecule has 3 aromatic carbocycles. The Bertz CT molecular complexity index is 832.